The highest BCUT2D eigenvalue weighted by Crippen LogP contribution is 2.21. The Morgan fingerprint density at radius 2 is 2.22 bits per heavy atom. The van der Waals surface area contributed by atoms with Crippen molar-refractivity contribution in [3.8, 4) is 0 Å². The van der Waals surface area contributed by atoms with Crippen molar-refractivity contribution in [2.24, 2.45) is 0 Å². The molecule has 0 bridgehead atoms. The molecule has 1 unspecified atom stereocenters. The molecule has 0 saturated carbocycles. The lowest BCUT2D eigenvalue weighted by Crippen LogP contribution is -2.49. The average Bonchev–Trinajstić information content (AvgIpc) is 2.38. The van der Waals surface area contributed by atoms with Gasteiger partial charge in [0.1, 0.15) is 0 Å². The third kappa shape index (κ3) is 2.87. The fourth-order valence-electron chi connectivity index (χ4n) is 2.26. The number of thioether (sulfide) groups is 1. The van der Waals surface area contributed by atoms with Gasteiger partial charge in [0.25, 0.3) is 0 Å². The Bertz CT molecular complexity index is 441. The van der Waals surface area contributed by atoms with Crippen molar-refractivity contribution in [2.75, 3.05) is 30.0 Å². The number of amides is 1. The maximum atomic E-state index is 12.4. The molecule has 0 aliphatic carbocycles. The first-order valence-electron chi connectivity index (χ1n) is 6.25. The summed E-state index contributed by atoms with van der Waals surface area (Å²) in [7, 11) is 1.86. The van der Waals surface area contributed by atoms with Crippen LogP contribution in [0.4, 0.5) is 5.69 Å². The molecular formula is C14H20N2OS. The van der Waals surface area contributed by atoms with Crippen molar-refractivity contribution in [1.82, 2.24) is 5.32 Å². The summed E-state index contributed by atoms with van der Waals surface area (Å²) in [5.41, 5.74) is 3.38. The molecule has 1 N–H and O–H groups in total. The molecule has 1 aliphatic rings. The lowest BCUT2D eigenvalue weighted by molar-refractivity contribution is -0.119. The van der Waals surface area contributed by atoms with Crippen molar-refractivity contribution in [3.05, 3.63) is 29.3 Å². The zero-order valence-corrected chi connectivity index (χ0v) is 12.0. The summed E-state index contributed by atoms with van der Waals surface area (Å²) in [6, 6.07) is 6.14. The number of hydrogen-bond donors (Lipinski definition) is 1. The Hall–Kier alpha value is -1.00. The highest BCUT2D eigenvalue weighted by molar-refractivity contribution is 7.99. The maximum absolute atomic E-state index is 12.4. The summed E-state index contributed by atoms with van der Waals surface area (Å²) in [4.78, 5) is 14.2. The molecule has 1 saturated heterocycles. The van der Waals surface area contributed by atoms with Gasteiger partial charge < -0.3 is 10.2 Å². The number of nitrogens with one attached hydrogen (secondary N) is 1. The molecule has 98 valence electrons. The van der Waals surface area contributed by atoms with Crippen LogP contribution in [0.5, 0.6) is 0 Å². The first-order chi connectivity index (χ1) is 8.59. The molecule has 1 amide bonds. The second-order valence-corrected chi connectivity index (χ2v) is 5.92. The summed E-state index contributed by atoms with van der Waals surface area (Å²) in [6.07, 6.45) is 0. The van der Waals surface area contributed by atoms with Crippen LogP contribution >= 0.6 is 11.8 Å². The largest absolute Gasteiger partial charge is 0.314 e. The minimum absolute atomic E-state index is 0.0468. The molecule has 18 heavy (non-hydrogen) atoms. The van der Waals surface area contributed by atoms with Crippen LogP contribution in [0.25, 0.3) is 0 Å². The predicted molar refractivity (Wildman–Crippen MR) is 78.4 cm³/mol. The molecule has 1 fully saturated rings. The summed E-state index contributed by atoms with van der Waals surface area (Å²) >= 11 is 1.84. The van der Waals surface area contributed by atoms with Crippen LogP contribution < -0.4 is 10.2 Å². The zero-order valence-electron chi connectivity index (χ0n) is 11.2. The minimum Gasteiger partial charge on any atom is -0.314 e. The number of hydrogen-bond acceptors (Lipinski definition) is 3. The second kappa shape index (κ2) is 5.76. The SMILES string of the molecule is Cc1ccc(N(C)C(=O)C2CSCCN2)c(C)c1. The van der Waals surface area contributed by atoms with Crippen molar-refractivity contribution in [1.29, 1.82) is 0 Å². The molecule has 0 spiro atoms. The standard InChI is InChI=1S/C14H20N2OS/c1-10-4-5-13(11(2)8-10)16(3)14(17)12-9-18-7-6-15-12/h4-5,8,12,15H,6-7,9H2,1-3H3. The van der Waals surface area contributed by atoms with E-state index in [1.165, 1.54) is 5.56 Å². The van der Waals surface area contributed by atoms with E-state index in [4.69, 9.17) is 0 Å². The van der Waals surface area contributed by atoms with Gasteiger partial charge in [-0.15, -0.1) is 0 Å². The van der Waals surface area contributed by atoms with Gasteiger partial charge in [0, 0.05) is 30.8 Å². The fourth-order valence-corrected chi connectivity index (χ4v) is 3.18. The number of likely N-dealkylation sites (N-methyl/N-ethyl adjacent to an activating group) is 1. The molecule has 1 atom stereocenters. The quantitative estimate of drug-likeness (QED) is 0.886. The molecule has 0 radical (unpaired) electrons. The molecule has 3 nitrogen and oxygen atoms in total. The summed E-state index contributed by atoms with van der Waals surface area (Å²) in [5, 5.41) is 3.29. The maximum Gasteiger partial charge on any atom is 0.244 e. The molecule has 1 aromatic carbocycles. The van der Waals surface area contributed by atoms with Crippen molar-refractivity contribution in [2.45, 2.75) is 19.9 Å². The number of benzene rings is 1. The van der Waals surface area contributed by atoms with E-state index in [0.29, 0.717) is 0 Å². The van der Waals surface area contributed by atoms with Crippen molar-refractivity contribution < 1.29 is 4.79 Å². The summed E-state index contributed by atoms with van der Waals surface area (Å²) in [6.45, 7) is 5.04. The van der Waals surface area contributed by atoms with E-state index in [-0.39, 0.29) is 11.9 Å². The van der Waals surface area contributed by atoms with Gasteiger partial charge in [-0.2, -0.15) is 11.8 Å². The second-order valence-electron chi connectivity index (χ2n) is 4.77. The third-order valence-corrected chi connectivity index (χ3v) is 4.33. The van der Waals surface area contributed by atoms with Gasteiger partial charge in [0.05, 0.1) is 6.04 Å². The number of nitrogens with zero attached hydrogens (tertiary/aromatic N) is 1. The molecule has 1 aliphatic heterocycles. The van der Waals surface area contributed by atoms with Crippen molar-refractivity contribution in [3.63, 3.8) is 0 Å². The fraction of sp³-hybridized carbons (Fsp3) is 0.500. The highest BCUT2D eigenvalue weighted by Gasteiger charge is 2.25. The molecule has 1 aromatic rings. The van der Waals surface area contributed by atoms with Gasteiger partial charge in [-0.25, -0.2) is 0 Å². The monoisotopic (exact) mass is 264 g/mol. The zero-order chi connectivity index (χ0) is 13.1. The van der Waals surface area contributed by atoms with Gasteiger partial charge >= 0.3 is 0 Å². The first kappa shape index (κ1) is 13.4. The molecule has 0 aromatic heterocycles. The van der Waals surface area contributed by atoms with Crippen LogP contribution in [-0.4, -0.2) is 37.0 Å². The van der Waals surface area contributed by atoms with E-state index in [9.17, 15) is 4.79 Å². The van der Waals surface area contributed by atoms with Crippen LogP contribution in [-0.2, 0) is 4.79 Å². The number of anilines is 1. The predicted octanol–water partition coefficient (Wildman–Crippen LogP) is 1.97. The molecule has 4 heteroatoms. The summed E-state index contributed by atoms with van der Waals surface area (Å²) < 4.78 is 0. The van der Waals surface area contributed by atoms with Gasteiger partial charge in [-0.3, -0.25) is 4.79 Å². The Morgan fingerprint density at radius 3 is 2.83 bits per heavy atom. The minimum atomic E-state index is -0.0468. The molecule has 1 heterocycles. The Morgan fingerprint density at radius 1 is 1.44 bits per heavy atom. The normalized spacial score (nSPS) is 19.6. The van der Waals surface area contributed by atoms with Crippen molar-refractivity contribution >= 4 is 23.4 Å². The number of carbonyl (C=O) groups excluding carboxylic acids is 1. The molecular weight excluding hydrogens is 244 g/mol. The van der Waals surface area contributed by atoms with Gasteiger partial charge in [0.15, 0.2) is 0 Å². The molecule has 2 rings (SSSR count). The van der Waals surface area contributed by atoms with Gasteiger partial charge in [-0.05, 0) is 25.5 Å². The number of aryl methyl sites for hydroxylation is 2. The van der Waals surface area contributed by atoms with E-state index in [0.717, 1.165) is 29.3 Å². The van der Waals surface area contributed by atoms with E-state index in [2.05, 4.69) is 31.3 Å². The van der Waals surface area contributed by atoms with Crippen LogP contribution in [0.1, 0.15) is 11.1 Å². The summed E-state index contributed by atoms with van der Waals surface area (Å²) in [5.74, 6) is 2.12. The van der Waals surface area contributed by atoms with Gasteiger partial charge in [0.2, 0.25) is 5.91 Å². The van der Waals surface area contributed by atoms with Crippen LogP contribution in [0.3, 0.4) is 0 Å². The van der Waals surface area contributed by atoms with E-state index < -0.39 is 0 Å². The average molecular weight is 264 g/mol. The van der Waals surface area contributed by atoms with Crippen LogP contribution in [0.15, 0.2) is 18.2 Å². The van der Waals surface area contributed by atoms with Gasteiger partial charge in [-0.1, -0.05) is 17.7 Å². The first-order valence-corrected chi connectivity index (χ1v) is 7.41. The van der Waals surface area contributed by atoms with E-state index >= 15 is 0 Å². The third-order valence-electron chi connectivity index (χ3n) is 3.26. The lowest BCUT2D eigenvalue weighted by atomic mass is 10.1. The van der Waals surface area contributed by atoms with E-state index in [1.807, 2.05) is 24.9 Å². The Balaban J connectivity index is 2.14. The van der Waals surface area contributed by atoms with Crippen LogP contribution in [0, 0.1) is 13.8 Å². The van der Waals surface area contributed by atoms with Crippen LogP contribution in [0.2, 0.25) is 0 Å². The van der Waals surface area contributed by atoms with E-state index in [1.54, 1.807) is 4.90 Å². The Labute approximate surface area is 113 Å². The number of carbonyl (C=O) groups is 1. The highest BCUT2D eigenvalue weighted by atomic mass is 32.2. The topological polar surface area (TPSA) is 32.3 Å². The Kier molecular flexibility index (Phi) is 4.30. The lowest BCUT2D eigenvalue weighted by Gasteiger charge is -2.28. The number of rotatable bonds is 2. The smallest absolute Gasteiger partial charge is 0.244 e.